The number of furan rings is 1. The molecular formula is C31H32N4O6. The van der Waals surface area contributed by atoms with Gasteiger partial charge in [0.25, 0.3) is 0 Å². The molecule has 10 heteroatoms. The van der Waals surface area contributed by atoms with E-state index in [1.807, 2.05) is 42.5 Å². The van der Waals surface area contributed by atoms with E-state index in [0.717, 1.165) is 28.8 Å². The molecule has 1 N–H and O–H groups in total. The summed E-state index contributed by atoms with van der Waals surface area (Å²) in [6.07, 6.45) is 6.68. The highest BCUT2D eigenvalue weighted by atomic mass is 16.5. The molecule has 2 saturated heterocycles. The van der Waals surface area contributed by atoms with E-state index in [9.17, 15) is 4.79 Å². The van der Waals surface area contributed by atoms with Gasteiger partial charge in [0.2, 0.25) is 5.91 Å². The summed E-state index contributed by atoms with van der Waals surface area (Å²) in [5.74, 6) is 3.15. The SMILES string of the molecule is C=CC(=O)N1CCC(Oc2cc3c(Nc4cc(-c5ccco5)ccc4OC4CCOC4)ncnc3cc2OC)CC1. The van der Waals surface area contributed by atoms with Crippen molar-refractivity contribution >= 4 is 28.3 Å². The fourth-order valence-corrected chi connectivity index (χ4v) is 5.16. The van der Waals surface area contributed by atoms with Crippen LogP contribution < -0.4 is 19.5 Å². The normalized spacial score (nSPS) is 17.4. The lowest BCUT2D eigenvalue weighted by Gasteiger charge is -2.31. The van der Waals surface area contributed by atoms with Crippen molar-refractivity contribution in [3.63, 3.8) is 0 Å². The Kier molecular flexibility index (Phi) is 7.73. The molecule has 1 unspecified atom stereocenters. The van der Waals surface area contributed by atoms with Gasteiger partial charge in [0, 0.05) is 49.4 Å². The first-order chi connectivity index (χ1) is 20.1. The number of ether oxygens (including phenoxy) is 4. The number of benzene rings is 2. The summed E-state index contributed by atoms with van der Waals surface area (Å²) in [5, 5.41) is 4.24. The Hall–Kier alpha value is -4.57. The predicted molar refractivity (Wildman–Crippen MR) is 154 cm³/mol. The topological polar surface area (TPSA) is 108 Å². The van der Waals surface area contributed by atoms with E-state index in [1.54, 1.807) is 18.3 Å². The number of fused-ring (bicyclic) bond motifs is 1. The van der Waals surface area contributed by atoms with Gasteiger partial charge >= 0.3 is 0 Å². The molecule has 10 nitrogen and oxygen atoms in total. The largest absolute Gasteiger partial charge is 0.493 e. The lowest BCUT2D eigenvalue weighted by atomic mass is 10.1. The highest BCUT2D eigenvalue weighted by Crippen LogP contribution is 2.39. The fourth-order valence-electron chi connectivity index (χ4n) is 5.16. The second-order valence-corrected chi connectivity index (χ2v) is 10.0. The molecule has 0 radical (unpaired) electrons. The molecule has 4 aromatic rings. The van der Waals surface area contributed by atoms with E-state index in [2.05, 4.69) is 21.9 Å². The monoisotopic (exact) mass is 556 g/mol. The van der Waals surface area contributed by atoms with Gasteiger partial charge in [-0.15, -0.1) is 0 Å². The van der Waals surface area contributed by atoms with E-state index in [1.165, 1.54) is 12.4 Å². The number of hydrogen-bond acceptors (Lipinski definition) is 9. The Morgan fingerprint density at radius 3 is 2.63 bits per heavy atom. The fraction of sp³-hybridized carbons (Fsp3) is 0.323. The number of rotatable bonds is 9. The Morgan fingerprint density at radius 2 is 1.90 bits per heavy atom. The molecule has 0 saturated carbocycles. The summed E-state index contributed by atoms with van der Waals surface area (Å²) >= 11 is 0. The molecule has 1 amide bonds. The van der Waals surface area contributed by atoms with Crippen molar-refractivity contribution in [3.05, 3.63) is 67.7 Å². The maximum Gasteiger partial charge on any atom is 0.245 e. The van der Waals surface area contributed by atoms with Gasteiger partial charge in [0.1, 0.15) is 35.9 Å². The van der Waals surface area contributed by atoms with Crippen LogP contribution in [0.25, 0.3) is 22.2 Å². The molecule has 212 valence electrons. The quantitative estimate of drug-likeness (QED) is 0.272. The molecule has 0 bridgehead atoms. The zero-order valence-electron chi connectivity index (χ0n) is 22.9. The van der Waals surface area contributed by atoms with Gasteiger partial charge in [-0.3, -0.25) is 4.79 Å². The molecule has 6 rings (SSSR count). The average Bonchev–Trinajstić information content (AvgIpc) is 3.73. The number of likely N-dealkylation sites (tertiary alicyclic amines) is 1. The summed E-state index contributed by atoms with van der Waals surface area (Å²) < 4.78 is 29.5. The minimum Gasteiger partial charge on any atom is -0.493 e. The number of amides is 1. The van der Waals surface area contributed by atoms with Crippen LogP contribution in [0.15, 0.2) is 72.1 Å². The van der Waals surface area contributed by atoms with Gasteiger partial charge < -0.3 is 33.6 Å². The Morgan fingerprint density at radius 1 is 1.05 bits per heavy atom. The maximum absolute atomic E-state index is 12.0. The van der Waals surface area contributed by atoms with Crippen LogP contribution in [0.1, 0.15) is 19.3 Å². The Labute approximate surface area is 237 Å². The van der Waals surface area contributed by atoms with Crippen molar-refractivity contribution in [1.82, 2.24) is 14.9 Å². The van der Waals surface area contributed by atoms with Gasteiger partial charge in [-0.2, -0.15) is 0 Å². The van der Waals surface area contributed by atoms with Crippen LogP contribution in [0, 0.1) is 0 Å². The average molecular weight is 557 g/mol. The molecule has 2 aliphatic heterocycles. The molecule has 2 fully saturated rings. The molecule has 4 heterocycles. The molecule has 0 spiro atoms. The van der Waals surface area contributed by atoms with Crippen LogP contribution in [0.2, 0.25) is 0 Å². The number of aromatic nitrogens is 2. The number of carbonyl (C=O) groups excluding carboxylic acids is 1. The number of carbonyl (C=O) groups is 1. The first kappa shape index (κ1) is 26.6. The van der Waals surface area contributed by atoms with E-state index in [0.29, 0.717) is 67.7 Å². The number of methoxy groups -OCH3 is 1. The van der Waals surface area contributed by atoms with Crippen LogP contribution >= 0.6 is 0 Å². The summed E-state index contributed by atoms with van der Waals surface area (Å²) in [7, 11) is 1.61. The van der Waals surface area contributed by atoms with Crippen molar-refractivity contribution in [2.24, 2.45) is 0 Å². The molecule has 41 heavy (non-hydrogen) atoms. The van der Waals surface area contributed by atoms with Crippen molar-refractivity contribution in [3.8, 4) is 28.6 Å². The standard InChI is InChI=1S/C31H32N4O6/c1-3-30(36)35-11-8-21(9-12-35)40-29-16-23-24(17-28(29)37-2)32-19-33-31(23)34-25-15-20(26-5-4-13-39-26)6-7-27(25)41-22-10-14-38-18-22/h3-7,13,15-17,19,21-22H,1,8-12,14,18H2,2H3,(H,32,33,34). The van der Waals surface area contributed by atoms with E-state index in [-0.39, 0.29) is 18.1 Å². The van der Waals surface area contributed by atoms with Crippen molar-refractivity contribution in [2.75, 3.05) is 38.7 Å². The minimum absolute atomic E-state index is 0.0235. The highest BCUT2D eigenvalue weighted by Gasteiger charge is 2.25. The molecule has 2 aromatic heterocycles. The third-order valence-corrected chi connectivity index (χ3v) is 7.36. The maximum atomic E-state index is 12.0. The summed E-state index contributed by atoms with van der Waals surface area (Å²) in [4.78, 5) is 22.8. The van der Waals surface area contributed by atoms with Crippen LogP contribution in [0.3, 0.4) is 0 Å². The number of anilines is 2. The summed E-state index contributed by atoms with van der Waals surface area (Å²) in [6, 6.07) is 13.4. The molecular weight excluding hydrogens is 524 g/mol. The molecule has 2 aliphatic rings. The van der Waals surface area contributed by atoms with Gasteiger partial charge in [0.05, 0.1) is 37.8 Å². The van der Waals surface area contributed by atoms with Gasteiger partial charge in [-0.05, 0) is 42.5 Å². The van der Waals surface area contributed by atoms with Crippen LogP contribution in [0.5, 0.6) is 17.2 Å². The third kappa shape index (κ3) is 5.83. The molecule has 0 aliphatic carbocycles. The predicted octanol–water partition coefficient (Wildman–Crippen LogP) is 5.37. The van der Waals surface area contributed by atoms with Crippen molar-refractivity contribution in [1.29, 1.82) is 0 Å². The van der Waals surface area contributed by atoms with Gasteiger partial charge in [0.15, 0.2) is 11.5 Å². The van der Waals surface area contributed by atoms with Crippen LogP contribution in [0.4, 0.5) is 11.5 Å². The Balaban J connectivity index is 1.31. The van der Waals surface area contributed by atoms with Crippen LogP contribution in [-0.2, 0) is 9.53 Å². The smallest absolute Gasteiger partial charge is 0.245 e. The second-order valence-electron chi connectivity index (χ2n) is 10.0. The minimum atomic E-state index is -0.0603. The third-order valence-electron chi connectivity index (χ3n) is 7.36. The zero-order valence-corrected chi connectivity index (χ0v) is 22.9. The first-order valence-corrected chi connectivity index (χ1v) is 13.7. The van der Waals surface area contributed by atoms with Crippen LogP contribution in [-0.4, -0.2) is 66.4 Å². The number of piperidine rings is 1. The molecule has 1 atom stereocenters. The van der Waals surface area contributed by atoms with E-state index >= 15 is 0 Å². The van der Waals surface area contributed by atoms with Crippen molar-refractivity contribution < 1.29 is 28.2 Å². The number of nitrogens with one attached hydrogen (secondary N) is 1. The zero-order chi connectivity index (χ0) is 28.2. The summed E-state index contributed by atoms with van der Waals surface area (Å²) in [6.45, 7) is 6.05. The van der Waals surface area contributed by atoms with E-state index in [4.69, 9.17) is 23.4 Å². The highest BCUT2D eigenvalue weighted by molar-refractivity contribution is 5.93. The van der Waals surface area contributed by atoms with Crippen molar-refractivity contribution in [2.45, 2.75) is 31.5 Å². The summed E-state index contributed by atoms with van der Waals surface area (Å²) in [5.41, 5.74) is 2.34. The lowest BCUT2D eigenvalue weighted by molar-refractivity contribution is -0.127. The molecule has 2 aromatic carbocycles. The first-order valence-electron chi connectivity index (χ1n) is 13.7. The number of hydrogen-bond donors (Lipinski definition) is 1. The van der Waals surface area contributed by atoms with E-state index < -0.39 is 0 Å². The second kappa shape index (κ2) is 11.9. The lowest BCUT2D eigenvalue weighted by Crippen LogP contribution is -2.41. The number of nitrogens with zero attached hydrogens (tertiary/aromatic N) is 3. The van der Waals surface area contributed by atoms with Gasteiger partial charge in [-0.1, -0.05) is 6.58 Å². The Bertz CT molecular complexity index is 1530. The van der Waals surface area contributed by atoms with Gasteiger partial charge in [-0.25, -0.2) is 9.97 Å².